The topological polar surface area (TPSA) is 115 Å². The lowest BCUT2D eigenvalue weighted by atomic mass is 10.2. The van der Waals surface area contributed by atoms with Crippen LogP contribution in [0.15, 0.2) is 57.2 Å². The molecular formula is C17H13BrN2O6. The monoisotopic (exact) mass is 420 g/mol. The maximum absolute atomic E-state index is 12.1. The summed E-state index contributed by atoms with van der Waals surface area (Å²) in [5.41, 5.74) is 0.211. The Morgan fingerprint density at radius 3 is 2.42 bits per heavy atom. The van der Waals surface area contributed by atoms with E-state index in [1.165, 1.54) is 43.5 Å². The van der Waals surface area contributed by atoms with Crippen molar-refractivity contribution in [2.45, 2.75) is 0 Å². The van der Waals surface area contributed by atoms with Crippen LogP contribution < -0.4 is 4.74 Å². The van der Waals surface area contributed by atoms with Crippen LogP contribution in [0.3, 0.4) is 0 Å². The van der Waals surface area contributed by atoms with Gasteiger partial charge in [-0.05, 0) is 42.5 Å². The number of ether oxygens (including phenoxy) is 2. The smallest absolute Gasteiger partial charge is 0.343 e. The molecule has 0 heterocycles. The van der Waals surface area contributed by atoms with Gasteiger partial charge in [0.05, 0.1) is 12.7 Å². The van der Waals surface area contributed by atoms with Crippen molar-refractivity contribution >= 4 is 39.5 Å². The van der Waals surface area contributed by atoms with Crippen LogP contribution in [0.25, 0.3) is 0 Å². The highest BCUT2D eigenvalue weighted by Gasteiger charge is 2.11. The molecule has 1 amide bonds. The van der Waals surface area contributed by atoms with Gasteiger partial charge in [-0.3, -0.25) is 4.79 Å². The molecule has 2 aromatic rings. The Morgan fingerprint density at radius 2 is 1.81 bits per heavy atom. The van der Waals surface area contributed by atoms with Crippen molar-refractivity contribution in [3.63, 3.8) is 0 Å². The van der Waals surface area contributed by atoms with Crippen molar-refractivity contribution in [1.82, 2.24) is 0 Å². The van der Waals surface area contributed by atoms with Crippen LogP contribution in [-0.4, -0.2) is 36.7 Å². The van der Waals surface area contributed by atoms with Crippen molar-refractivity contribution < 1.29 is 29.0 Å². The van der Waals surface area contributed by atoms with Gasteiger partial charge in [-0.25, -0.2) is 9.59 Å². The van der Waals surface area contributed by atoms with Crippen LogP contribution >= 0.6 is 15.9 Å². The fraction of sp³-hybridized carbons (Fsp3) is 0.118. The van der Waals surface area contributed by atoms with E-state index in [9.17, 15) is 14.4 Å². The minimum Gasteiger partial charge on any atom is -0.482 e. The van der Waals surface area contributed by atoms with E-state index >= 15 is 0 Å². The molecule has 134 valence electrons. The van der Waals surface area contributed by atoms with Crippen molar-refractivity contribution in [2.75, 3.05) is 13.7 Å². The Balaban J connectivity index is 2.09. The molecule has 0 saturated heterocycles. The molecule has 0 aliphatic heterocycles. The molecule has 0 unspecified atom stereocenters. The van der Waals surface area contributed by atoms with Crippen LogP contribution in [0.4, 0.5) is 5.69 Å². The standard InChI is InChI=1S/C17H13BrN2O6/c1-25-15(21)9-26-12-5-2-10(3-6-12)16(22)20-19-14-7-4-11(18)8-13(14)17(23)24/h2-8H,9H2,1H3,(H,23,24). The Labute approximate surface area is 156 Å². The first-order valence-corrected chi connectivity index (χ1v) is 7.98. The molecule has 2 rings (SSSR count). The number of amides is 1. The van der Waals surface area contributed by atoms with E-state index in [-0.39, 0.29) is 23.4 Å². The quantitative estimate of drug-likeness (QED) is 0.563. The van der Waals surface area contributed by atoms with Crippen molar-refractivity contribution in [3.8, 4) is 5.75 Å². The fourth-order valence-electron chi connectivity index (χ4n) is 1.82. The number of azo groups is 1. The second-order valence-corrected chi connectivity index (χ2v) is 5.78. The number of methoxy groups -OCH3 is 1. The Bertz CT molecular complexity index is 864. The third-order valence-electron chi connectivity index (χ3n) is 3.12. The number of esters is 1. The number of hydrogen-bond donors (Lipinski definition) is 1. The van der Waals surface area contributed by atoms with Gasteiger partial charge in [0, 0.05) is 10.0 Å². The van der Waals surface area contributed by atoms with Gasteiger partial charge < -0.3 is 14.6 Å². The largest absolute Gasteiger partial charge is 0.482 e. The molecule has 0 spiro atoms. The third kappa shape index (κ3) is 5.21. The summed E-state index contributed by atoms with van der Waals surface area (Å²) in [5, 5.41) is 16.4. The van der Waals surface area contributed by atoms with E-state index in [2.05, 4.69) is 30.9 Å². The molecule has 0 aromatic heterocycles. The molecular weight excluding hydrogens is 408 g/mol. The number of nitrogens with zero attached hydrogens (tertiary/aromatic N) is 2. The summed E-state index contributed by atoms with van der Waals surface area (Å²) in [5.74, 6) is -1.98. The number of halogens is 1. The van der Waals surface area contributed by atoms with E-state index in [4.69, 9.17) is 9.84 Å². The van der Waals surface area contributed by atoms with Gasteiger partial charge in [0.25, 0.3) is 5.91 Å². The van der Waals surface area contributed by atoms with Gasteiger partial charge >= 0.3 is 11.9 Å². The number of benzene rings is 2. The highest BCUT2D eigenvalue weighted by Crippen LogP contribution is 2.24. The average molecular weight is 421 g/mol. The lowest BCUT2D eigenvalue weighted by Crippen LogP contribution is -2.12. The summed E-state index contributed by atoms with van der Waals surface area (Å²) in [4.78, 5) is 34.3. The Kier molecular flexibility index (Phi) is 6.56. The van der Waals surface area contributed by atoms with Gasteiger partial charge in [0.1, 0.15) is 11.4 Å². The SMILES string of the molecule is COC(=O)COc1ccc(C(=O)N=Nc2ccc(Br)cc2C(=O)O)cc1. The lowest BCUT2D eigenvalue weighted by molar-refractivity contribution is -0.142. The molecule has 0 fully saturated rings. The van der Waals surface area contributed by atoms with Crippen LogP contribution in [0.1, 0.15) is 20.7 Å². The zero-order valence-corrected chi connectivity index (χ0v) is 15.1. The average Bonchev–Trinajstić information content (AvgIpc) is 2.65. The minimum atomic E-state index is -1.18. The zero-order valence-electron chi connectivity index (χ0n) is 13.5. The highest BCUT2D eigenvalue weighted by molar-refractivity contribution is 9.10. The van der Waals surface area contributed by atoms with Crippen LogP contribution in [0, 0.1) is 0 Å². The molecule has 0 bridgehead atoms. The predicted molar refractivity (Wildman–Crippen MR) is 93.9 cm³/mol. The zero-order chi connectivity index (χ0) is 19.1. The summed E-state index contributed by atoms with van der Waals surface area (Å²) in [6.07, 6.45) is 0. The third-order valence-corrected chi connectivity index (χ3v) is 3.62. The highest BCUT2D eigenvalue weighted by atomic mass is 79.9. The van der Waals surface area contributed by atoms with Crippen LogP contribution in [0.5, 0.6) is 5.75 Å². The number of carbonyl (C=O) groups is 3. The number of hydrogen-bond acceptors (Lipinski definition) is 6. The van der Waals surface area contributed by atoms with E-state index in [1.54, 1.807) is 6.07 Å². The summed E-state index contributed by atoms with van der Waals surface area (Å²) in [6.45, 7) is -0.245. The molecule has 0 radical (unpaired) electrons. The lowest BCUT2D eigenvalue weighted by Gasteiger charge is -2.04. The van der Waals surface area contributed by atoms with Crippen molar-refractivity contribution in [2.24, 2.45) is 10.2 Å². The Morgan fingerprint density at radius 1 is 1.12 bits per heavy atom. The fourth-order valence-corrected chi connectivity index (χ4v) is 2.18. The van der Waals surface area contributed by atoms with Gasteiger partial charge in [0.15, 0.2) is 6.61 Å². The first-order chi connectivity index (χ1) is 12.4. The number of carboxylic acid groups (broad SMARTS) is 1. The molecule has 2 aromatic carbocycles. The second-order valence-electron chi connectivity index (χ2n) is 4.86. The number of aromatic carboxylic acids is 1. The summed E-state index contributed by atoms with van der Waals surface area (Å²) >= 11 is 3.17. The molecule has 9 heteroatoms. The molecule has 0 aliphatic rings. The molecule has 8 nitrogen and oxygen atoms in total. The Hall–Kier alpha value is -3.07. The summed E-state index contributed by atoms with van der Waals surface area (Å²) < 4.78 is 10.2. The van der Waals surface area contributed by atoms with E-state index in [0.29, 0.717) is 10.2 Å². The van der Waals surface area contributed by atoms with Gasteiger partial charge in [-0.1, -0.05) is 15.9 Å². The van der Waals surface area contributed by atoms with Gasteiger partial charge in [0.2, 0.25) is 0 Å². The van der Waals surface area contributed by atoms with Gasteiger partial charge in [-0.2, -0.15) is 0 Å². The second kappa shape index (κ2) is 8.86. The first-order valence-electron chi connectivity index (χ1n) is 7.19. The predicted octanol–water partition coefficient (Wildman–Crippen LogP) is 3.62. The molecule has 0 atom stereocenters. The molecule has 26 heavy (non-hydrogen) atoms. The number of carbonyl (C=O) groups excluding carboxylic acids is 2. The summed E-state index contributed by atoms with van der Waals surface area (Å²) in [7, 11) is 1.25. The molecule has 0 saturated carbocycles. The van der Waals surface area contributed by atoms with Crippen molar-refractivity contribution in [1.29, 1.82) is 0 Å². The minimum absolute atomic E-state index is 0.0621. The van der Waals surface area contributed by atoms with Crippen molar-refractivity contribution in [3.05, 3.63) is 58.1 Å². The molecule has 0 aliphatic carbocycles. The van der Waals surface area contributed by atoms with E-state index in [1.807, 2.05) is 0 Å². The van der Waals surface area contributed by atoms with Crippen LogP contribution in [-0.2, 0) is 9.53 Å². The number of rotatable bonds is 6. The van der Waals surface area contributed by atoms with E-state index in [0.717, 1.165) is 0 Å². The molecule has 1 N–H and O–H groups in total. The summed E-state index contributed by atoms with van der Waals surface area (Å²) in [6, 6.07) is 10.3. The van der Waals surface area contributed by atoms with E-state index < -0.39 is 17.8 Å². The number of carboxylic acids is 1. The van der Waals surface area contributed by atoms with Gasteiger partial charge in [-0.15, -0.1) is 10.2 Å². The maximum Gasteiger partial charge on any atom is 0.343 e. The van der Waals surface area contributed by atoms with Crippen LogP contribution in [0.2, 0.25) is 0 Å². The first kappa shape index (κ1) is 19.3. The normalized spacial score (nSPS) is 10.5. The maximum atomic E-state index is 12.1.